The third-order valence-electron chi connectivity index (χ3n) is 4.73. The van der Waals surface area contributed by atoms with Crippen LogP contribution in [0.2, 0.25) is 0 Å². The highest BCUT2D eigenvalue weighted by molar-refractivity contribution is 7.12. The second-order valence-electron chi connectivity index (χ2n) is 6.80. The van der Waals surface area contributed by atoms with Crippen LogP contribution in [0.1, 0.15) is 20.8 Å². The van der Waals surface area contributed by atoms with Gasteiger partial charge in [-0.05, 0) is 40.8 Å². The van der Waals surface area contributed by atoms with Crippen molar-refractivity contribution in [1.29, 1.82) is 0 Å². The molecule has 0 saturated carbocycles. The van der Waals surface area contributed by atoms with Crippen molar-refractivity contribution < 1.29 is 18.7 Å². The summed E-state index contributed by atoms with van der Waals surface area (Å²) >= 11 is 1.30. The standard InChI is InChI=1S/C23H19FN2O3S/c24-17-9-7-15(8-10-17)14-29-23(28)20(26-22(27)21-6-3-11-30-21)12-16-13-25-19-5-2-1-4-18(16)19/h1-11,13,20,25H,12,14H2,(H,26,27). The maximum absolute atomic E-state index is 13.1. The zero-order valence-corrected chi connectivity index (χ0v) is 16.7. The number of hydrogen-bond donors (Lipinski definition) is 2. The molecular formula is C23H19FN2O3S. The monoisotopic (exact) mass is 422 g/mol. The average molecular weight is 422 g/mol. The maximum atomic E-state index is 13.1. The van der Waals surface area contributed by atoms with Gasteiger partial charge < -0.3 is 15.0 Å². The summed E-state index contributed by atoms with van der Waals surface area (Å²) in [6.45, 7) is -0.00162. The number of ether oxygens (including phenoxy) is 1. The van der Waals surface area contributed by atoms with Crippen LogP contribution in [-0.4, -0.2) is 22.9 Å². The number of esters is 1. The Morgan fingerprint density at radius 2 is 1.87 bits per heavy atom. The van der Waals surface area contributed by atoms with Gasteiger partial charge in [-0.15, -0.1) is 11.3 Å². The Balaban J connectivity index is 1.52. The average Bonchev–Trinajstić information content (AvgIpc) is 3.43. The highest BCUT2D eigenvalue weighted by atomic mass is 32.1. The fraction of sp³-hybridized carbons (Fsp3) is 0.130. The summed E-state index contributed by atoms with van der Waals surface area (Å²) in [6, 6.07) is 16.1. The van der Waals surface area contributed by atoms with E-state index < -0.39 is 12.0 Å². The van der Waals surface area contributed by atoms with Crippen molar-refractivity contribution >= 4 is 34.1 Å². The minimum absolute atomic E-state index is 0.00162. The van der Waals surface area contributed by atoms with Crippen LogP contribution in [0, 0.1) is 5.82 Å². The van der Waals surface area contributed by atoms with Gasteiger partial charge in [0.25, 0.3) is 5.91 Å². The SMILES string of the molecule is O=C(NC(Cc1c[nH]c2ccccc12)C(=O)OCc1ccc(F)cc1)c1cccs1. The van der Waals surface area contributed by atoms with Crippen molar-refractivity contribution in [3.05, 3.63) is 94.1 Å². The summed E-state index contributed by atoms with van der Waals surface area (Å²) in [5.41, 5.74) is 2.52. The largest absolute Gasteiger partial charge is 0.459 e. The predicted octanol–water partition coefficient (Wildman–Crippen LogP) is 4.45. The van der Waals surface area contributed by atoms with Gasteiger partial charge in [-0.2, -0.15) is 0 Å². The quantitative estimate of drug-likeness (QED) is 0.432. The minimum atomic E-state index is -0.862. The first-order valence-corrected chi connectivity index (χ1v) is 10.3. The molecule has 4 rings (SSSR count). The second kappa shape index (κ2) is 8.92. The van der Waals surface area contributed by atoms with Gasteiger partial charge in [-0.3, -0.25) is 4.79 Å². The smallest absolute Gasteiger partial charge is 0.329 e. The molecule has 1 amide bonds. The summed E-state index contributed by atoms with van der Waals surface area (Å²) in [6.07, 6.45) is 2.12. The van der Waals surface area contributed by atoms with E-state index in [1.807, 2.05) is 30.5 Å². The molecular weight excluding hydrogens is 403 g/mol. The van der Waals surface area contributed by atoms with Crippen molar-refractivity contribution in [3.8, 4) is 0 Å². The van der Waals surface area contributed by atoms with E-state index in [4.69, 9.17) is 4.74 Å². The topological polar surface area (TPSA) is 71.2 Å². The highest BCUT2D eigenvalue weighted by Crippen LogP contribution is 2.20. The van der Waals surface area contributed by atoms with Gasteiger partial charge >= 0.3 is 5.97 Å². The number of amides is 1. The van der Waals surface area contributed by atoms with Crippen molar-refractivity contribution in [2.24, 2.45) is 0 Å². The molecule has 1 unspecified atom stereocenters. The van der Waals surface area contributed by atoms with Gasteiger partial charge in [-0.1, -0.05) is 36.4 Å². The molecule has 0 spiro atoms. The van der Waals surface area contributed by atoms with Crippen LogP contribution in [-0.2, 0) is 22.6 Å². The van der Waals surface area contributed by atoms with Gasteiger partial charge in [0.15, 0.2) is 0 Å². The maximum Gasteiger partial charge on any atom is 0.329 e. The molecule has 7 heteroatoms. The summed E-state index contributed by atoms with van der Waals surface area (Å²) in [7, 11) is 0. The Bertz CT molecular complexity index is 1150. The molecule has 2 aromatic carbocycles. The first kappa shape index (κ1) is 19.8. The number of aromatic amines is 1. The van der Waals surface area contributed by atoms with Crippen LogP contribution in [0.4, 0.5) is 4.39 Å². The van der Waals surface area contributed by atoms with Crippen LogP contribution in [0.25, 0.3) is 10.9 Å². The molecule has 0 saturated heterocycles. The van der Waals surface area contributed by atoms with E-state index in [0.717, 1.165) is 16.5 Å². The number of rotatable bonds is 7. The minimum Gasteiger partial charge on any atom is -0.459 e. The molecule has 152 valence electrons. The Morgan fingerprint density at radius 3 is 2.63 bits per heavy atom. The molecule has 0 radical (unpaired) electrons. The second-order valence-corrected chi connectivity index (χ2v) is 7.75. The van der Waals surface area contributed by atoms with Crippen LogP contribution in [0.15, 0.2) is 72.2 Å². The fourth-order valence-electron chi connectivity index (χ4n) is 3.19. The van der Waals surface area contributed by atoms with Crippen LogP contribution >= 0.6 is 11.3 Å². The zero-order chi connectivity index (χ0) is 20.9. The first-order valence-electron chi connectivity index (χ1n) is 9.40. The molecule has 0 aliphatic carbocycles. The van der Waals surface area contributed by atoms with Crippen molar-refractivity contribution in [3.63, 3.8) is 0 Å². The molecule has 1 atom stereocenters. The van der Waals surface area contributed by atoms with Gasteiger partial charge in [0.2, 0.25) is 0 Å². The Labute approximate surface area is 176 Å². The molecule has 2 N–H and O–H groups in total. The number of nitrogens with one attached hydrogen (secondary N) is 2. The van der Waals surface area contributed by atoms with Gasteiger partial charge in [0.1, 0.15) is 18.5 Å². The summed E-state index contributed by atoms with van der Waals surface area (Å²) in [4.78, 5) is 29.1. The van der Waals surface area contributed by atoms with E-state index in [9.17, 15) is 14.0 Å². The zero-order valence-electron chi connectivity index (χ0n) is 15.9. The van der Waals surface area contributed by atoms with Crippen LogP contribution < -0.4 is 5.32 Å². The molecule has 5 nitrogen and oxygen atoms in total. The fourth-order valence-corrected chi connectivity index (χ4v) is 3.81. The van der Waals surface area contributed by atoms with Gasteiger partial charge in [0, 0.05) is 23.5 Å². The van der Waals surface area contributed by atoms with Crippen LogP contribution in [0.3, 0.4) is 0 Å². The molecule has 2 heterocycles. The number of aromatic nitrogens is 1. The van der Waals surface area contributed by atoms with E-state index in [-0.39, 0.29) is 24.8 Å². The highest BCUT2D eigenvalue weighted by Gasteiger charge is 2.25. The number of halogens is 1. The number of carbonyl (C=O) groups is 2. The molecule has 4 aromatic rings. The summed E-state index contributed by atoms with van der Waals surface area (Å²) < 4.78 is 18.5. The normalized spacial score (nSPS) is 11.9. The summed E-state index contributed by atoms with van der Waals surface area (Å²) in [5, 5.41) is 5.58. The van der Waals surface area contributed by atoms with E-state index in [0.29, 0.717) is 10.4 Å². The molecule has 0 aliphatic rings. The first-order chi connectivity index (χ1) is 14.6. The number of carbonyl (C=O) groups excluding carboxylic acids is 2. The van der Waals surface area contributed by atoms with E-state index in [1.54, 1.807) is 29.6 Å². The summed E-state index contributed by atoms with van der Waals surface area (Å²) in [5.74, 6) is -1.23. The number of hydrogen-bond acceptors (Lipinski definition) is 4. The molecule has 0 aliphatic heterocycles. The Morgan fingerprint density at radius 1 is 1.07 bits per heavy atom. The number of fused-ring (bicyclic) bond motifs is 1. The van der Waals surface area contributed by atoms with E-state index >= 15 is 0 Å². The van der Waals surface area contributed by atoms with Crippen molar-refractivity contribution in [2.45, 2.75) is 19.1 Å². The van der Waals surface area contributed by atoms with Gasteiger partial charge in [0.05, 0.1) is 4.88 Å². The predicted molar refractivity (Wildman–Crippen MR) is 114 cm³/mol. The lowest BCUT2D eigenvalue weighted by atomic mass is 10.0. The lowest BCUT2D eigenvalue weighted by molar-refractivity contribution is -0.147. The van der Waals surface area contributed by atoms with Crippen molar-refractivity contribution in [2.75, 3.05) is 0 Å². The van der Waals surface area contributed by atoms with Crippen molar-refractivity contribution in [1.82, 2.24) is 10.3 Å². The molecule has 2 aromatic heterocycles. The number of thiophene rings is 1. The lowest BCUT2D eigenvalue weighted by Gasteiger charge is -2.17. The van der Waals surface area contributed by atoms with Gasteiger partial charge in [-0.25, -0.2) is 9.18 Å². The lowest BCUT2D eigenvalue weighted by Crippen LogP contribution is -2.43. The van der Waals surface area contributed by atoms with E-state index in [2.05, 4.69) is 10.3 Å². The number of para-hydroxylation sites is 1. The Hall–Kier alpha value is -3.45. The molecule has 30 heavy (non-hydrogen) atoms. The van der Waals surface area contributed by atoms with E-state index in [1.165, 1.54) is 23.5 Å². The molecule has 0 bridgehead atoms. The third kappa shape index (κ3) is 4.58. The molecule has 0 fully saturated rings. The van der Waals surface area contributed by atoms with Crippen LogP contribution in [0.5, 0.6) is 0 Å². The number of H-pyrrole nitrogens is 1. The third-order valence-corrected chi connectivity index (χ3v) is 5.60. The Kier molecular flexibility index (Phi) is 5.90. The number of benzene rings is 2.